The van der Waals surface area contributed by atoms with E-state index in [9.17, 15) is 0 Å². The molecule has 1 heterocycles. The highest BCUT2D eigenvalue weighted by Crippen LogP contribution is 2.12. The lowest BCUT2D eigenvalue weighted by Crippen LogP contribution is -2.31. The molecule has 0 radical (unpaired) electrons. The van der Waals surface area contributed by atoms with Gasteiger partial charge in [0, 0.05) is 0 Å². The Balaban J connectivity index is 2.06. The molecular weight excluding hydrogens is 160 g/mol. The van der Waals surface area contributed by atoms with Crippen LogP contribution in [-0.4, -0.2) is 30.7 Å². The van der Waals surface area contributed by atoms with E-state index in [1.165, 1.54) is 45.3 Å². The highest BCUT2D eigenvalue weighted by Gasteiger charge is 2.10. The van der Waals surface area contributed by atoms with Crippen molar-refractivity contribution in [1.29, 1.82) is 5.41 Å². The van der Waals surface area contributed by atoms with Crippen LogP contribution in [0.25, 0.3) is 0 Å². The van der Waals surface area contributed by atoms with Gasteiger partial charge < -0.3 is 10.3 Å². The molecule has 1 saturated heterocycles. The first-order valence-electron chi connectivity index (χ1n) is 5.54. The van der Waals surface area contributed by atoms with Gasteiger partial charge >= 0.3 is 0 Å². The van der Waals surface area contributed by atoms with E-state index in [1.54, 1.807) is 6.21 Å². The van der Waals surface area contributed by atoms with Crippen LogP contribution in [0.3, 0.4) is 0 Å². The average Bonchev–Trinajstić information content (AvgIpc) is 2.17. The van der Waals surface area contributed by atoms with Crippen molar-refractivity contribution in [3.63, 3.8) is 0 Å². The minimum absolute atomic E-state index is 0.694. The molecule has 0 amide bonds. The zero-order valence-corrected chi connectivity index (χ0v) is 8.76. The van der Waals surface area contributed by atoms with Gasteiger partial charge in [0.25, 0.3) is 0 Å². The maximum absolute atomic E-state index is 7.02. The van der Waals surface area contributed by atoms with E-state index in [2.05, 4.69) is 11.8 Å². The topological polar surface area (TPSA) is 27.1 Å². The summed E-state index contributed by atoms with van der Waals surface area (Å²) in [5.41, 5.74) is 0. The zero-order valence-electron chi connectivity index (χ0n) is 8.76. The van der Waals surface area contributed by atoms with Crippen LogP contribution in [0.1, 0.15) is 39.0 Å². The van der Waals surface area contributed by atoms with Crippen molar-refractivity contribution in [3.8, 4) is 0 Å². The highest BCUT2D eigenvalue weighted by molar-refractivity contribution is 5.53. The molecule has 0 bridgehead atoms. The van der Waals surface area contributed by atoms with Crippen molar-refractivity contribution in [1.82, 2.24) is 4.90 Å². The standard InChI is InChI=1S/C11H22N2/c1-11(5-7-12)6-10-13-8-3-2-4-9-13/h7,11-12H,2-6,8-10H2,1H3. The molecule has 0 aliphatic carbocycles. The summed E-state index contributed by atoms with van der Waals surface area (Å²) in [6.45, 7) is 6.10. The largest absolute Gasteiger partial charge is 0.313 e. The van der Waals surface area contributed by atoms with Gasteiger partial charge in [-0.15, -0.1) is 0 Å². The quantitative estimate of drug-likeness (QED) is 0.650. The molecule has 0 spiro atoms. The summed E-state index contributed by atoms with van der Waals surface area (Å²) < 4.78 is 0. The van der Waals surface area contributed by atoms with Gasteiger partial charge in [0.15, 0.2) is 0 Å². The van der Waals surface area contributed by atoms with Crippen LogP contribution in [-0.2, 0) is 0 Å². The molecular formula is C11H22N2. The number of likely N-dealkylation sites (tertiary alicyclic amines) is 1. The fourth-order valence-corrected chi connectivity index (χ4v) is 1.91. The molecule has 2 heteroatoms. The van der Waals surface area contributed by atoms with E-state index in [1.807, 2.05) is 0 Å². The normalized spacial score (nSPS) is 21.3. The monoisotopic (exact) mass is 182 g/mol. The third-order valence-corrected chi connectivity index (χ3v) is 2.91. The van der Waals surface area contributed by atoms with E-state index in [0.717, 1.165) is 6.42 Å². The summed E-state index contributed by atoms with van der Waals surface area (Å²) >= 11 is 0. The van der Waals surface area contributed by atoms with Crippen molar-refractivity contribution in [2.45, 2.75) is 39.0 Å². The van der Waals surface area contributed by atoms with Crippen LogP contribution in [0, 0.1) is 11.3 Å². The van der Waals surface area contributed by atoms with Crippen LogP contribution < -0.4 is 0 Å². The van der Waals surface area contributed by atoms with Gasteiger partial charge in [-0.2, -0.15) is 0 Å². The molecule has 0 aromatic carbocycles. The van der Waals surface area contributed by atoms with Gasteiger partial charge in [0.05, 0.1) is 0 Å². The van der Waals surface area contributed by atoms with Crippen LogP contribution in [0.5, 0.6) is 0 Å². The summed E-state index contributed by atoms with van der Waals surface area (Å²) in [7, 11) is 0. The Morgan fingerprint density at radius 3 is 2.62 bits per heavy atom. The predicted molar refractivity (Wildman–Crippen MR) is 57.5 cm³/mol. The molecule has 1 atom stereocenters. The van der Waals surface area contributed by atoms with Crippen LogP contribution in [0.15, 0.2) is 0 Å². The Kier molecular flexibility index (Phi) is 5.06. The van der Waals surface area contributed by atoms with E-state index in [-0.39, 0.29) is 0 Å². The summed E-state index contributed by atoms with van der Waals surface area (Å²) in [6, 6.07) is 0. The molecule has 1 rings (SSSR count). The Labute approximate surface area is 81.8 Å². The summed E-state index contributed by atoms with van der Waals surface area (Å²) in [5.74, 6) is 0.694. The molecule has 13 heavy (non-hydrogen) atoms. The van der Waals surface area contributed by atoms with Gasteiger partial charge in [-0.05, 0) is 57.5 Å². The second-order valence-electron chi connectivity index (χ2n) is 4.24. The maximum atomic E-state index is 7.02. The maximum Gasteiger partial charge on any atom is -0.00161 e. The van der Waals surface area contributed by atoms with Gasteiger partial charge in [0.1, 0.15) is 0 Å². The van der Waals surface area contributed by atoms with Crippen molar-refractivity contribution < 1.29 is 0 Å². The minimum atomic E-state index is 0.694. The van der Waals surface area contributed by atoms with Gasteiger partial charge in [-0.1, -0.05) is 13.3 Å². The van der Waals surface area contributed by atoms with E-state index >= 15 is 0 Å². The van der Waals surface area contributed by atoms with Gasteiger partial charge in [-0.3, -0.25) is 0 Å². The summed E-state index contributed by atoms with van der Waals surface area (Å²) in [5, 5.41) is 7.02. The molecule has 76 valence electrons. The lowest BCUT2D eigenvalue weighted by Gasteiger charge is -2.27. The average molecular weight is 182 g/mol. The molecule has 1 aliphatic rings. The van der Waals surface area contributed by atoms with E-state index < -0.39 is 0 Å². The predicted octanol–water partition coefficient (Wildman–Crippen LogP) is 2.54. The molecule has 0 aromatic heterocycles. The van der Waals surface area contributed by atoms with Gasteiger partial charge in [0.2, 0.25) is 0 Å². The number of hydrogen-bond acceptors (Lipinski definition) is 2. The number of piperidine rings is 1. The molecule has 0 saturated carbocycles. The Morgan fingerprint density at radius 2 is 2.00 bits per heavy atom. The van der Waals surface area contributed by atoms with E-state index in [0.29, 0.717) is 5.92 Å². The number of hydrogen-bond donors (Lipinski definition) is 1. The first-order valence-corrected chi connectivity index (χ1v) is 5.54. The molecule has 2 nitrogen and oxygen atoms in total. The zero-order chi connectivity index (χ0) is 9.52. The van der Waals surface area contributed by atoms with Crippen LogP contribution in [0.4, 0.5) is 0 Å². The third-order valence-electron chi connectivity index (χ3n) is 2.91. The second-order valence-corrected chi connectivity index (χ2v) is 4.24. The Hall–Kier alpha value is -0.370. The SMILES string of the molecule is CC(CC=N)CCN1CCCCC1. The smallest absolute Gasteiger partial charge is 0.00161 e. The first-order chi connectivity index (χ1) is 6.33. The molecule has 1 aliphatic heterocycles. The summed E-state index contributed by atoms with van der Waals surface area (Å²) in [6.07, 6.45) is 7.95. The number of nitrogens with one attached hydrogen (secondary N) is 1. The Bertz CT molecular complexity index is 139. The minimum Gasteiger partial charge on any atom is -0.313 e. The van der Waals surface area contributed by atoms with E-state index in [4.69, 9.17) is 5.41 Å². The number of nitrogens with zero attached hydrogens (tertiary/aromatic N) is 1. The lowest BCUT2D eigenvalue weighted by atomic mass is 10.0. The summed E-state index contributed by atoms with van der Waals surface area (Å²) in [4.78, 5) is 2.57. The highest BCUT2D eigenvalue weighted by atomic mass is 15.1. The Morgan fingerprint density at radius 1 is 1.31 bits per heavy atom. The lowest BCUT2D eigenvalue weighted by molar-refractivity contribution is 0.216. The fraction of sp³-hybridized carbons (Fsp3) is 0.909. The molecule has 1 N–H and O–H groups in total. The number of rotatable bonds is 5. The van der Waals surface area contributed by atoms with Crippen molar-refractivity contribution in [2.24, 2.45) is 5.92 Å². The molecule has 1 fully saturated rings. The van der Waals surface area contributed by atoms with Crippen LogP contribution >= 0.6 is 0 Å². The third kappa shape index (κ3) is 4.41. The van der Waals surface area contributed by atoms with Gasteiger partial charge in [-0.25, -0.2) is 0 Å². The second kappa shape index (κ2) is 6.14. The van der Waals surface area contributed by atoms with Crippen molar-refractivity contribution in [3.05, 3.63) is 0 Å². The fourth-order valence-electron chi connectivity index (χ4n) is 1.91. The van der Waals surface area contributed by atoms with Crippen LogP contribution in [0.2, 0.25) is 0 Å². The van der Waals surface area contributed by atoms with Crippen molar-refractivity contribution in [2.75, 3.05) is 19.6 Å². The van der Waals surface area contributed by atoms with Crippen molar-refractivity contribution >= 4 is 6.21 Å². The molecule has 1 unspecified atom stereocenters. The first kappa shape index (κ1) is 10.7. The molecule has 0 aromatic rings.